The number of carbonyl (C=O) groups is 1. The monoisotopic (exact) mass is 263 g/mol. The molecular formula is C15H25N3O. The first kappa shape index (κ1) is 14.0. The molecule has 1 aromatic rings. The van der Waals surface area contributed by atoms with Crippen LogP contribution in [0.15, 0.2) is 12.3 Å². The van der Waals surface area contributed by atoms with Gasteiger partial charge in [0.2, 0.25) is 0 Å². The van der Waals surface area contributed by atoms with E-state index in [1.807, 2.05) is 10.8 Å². The summed E-state index contributed by atoms with van der Waals surface area (Å²) in [6, 6.07) is 1.77. The number of nitrogens with two attached hydrogens (primary N) is 1. The highest BCUT2D eigenvalue weighted by molar-refractivity contribution is 5.93. The Morgan fingerprint density at radius 2 is 2.32 bits per heavy atom. The van der Waals surface area contributed by atoms with Gasteiger partial charge >= 0.3 is 0 Å². The van der Waals surface area contributed by atoms with E-state index in [2.05, 4.69) is 19.2 Å². The minimum Gasteiger partial charge on any atom is -0.397 e. The van der Waals surface area contributed by atoms with E-state index in [1.54, 1.807) is 6.07 Å². The van der Waals surface area contributed by atoms with E-state index in [0.717, 1.165) is 25.4 Å². The molecule has 1 amide bonds. The van der Waals surface area contributed by atoms with Gasteiger partial charge in [0.1, 0.15) is 5.69 Å². The summed E-state index contributed by atoms with van der Waals surface area (Å²) < 4.78 is 1.95. The van der Waals surface area contributed by atoms with Gasteiger partial charge in [0.15, 0.2) is 0 Å². The highest BCUT2D eigenvalue weighted by Crippen LogP contribution is 2.30. The number of hydrogen-bond donors (Lipinski definition) is 2. The van der Waals surface area contributed by atoms with Gasteiger partial charge in [-0.1, -0.05) is 26.7 Å². The summed E-state index contributed by atoms with van der Waals surface area (Å²) in [6.07, 6.45) is 6.66. The van der Waals surface area contributed by atoms with Gasteiger partial charge in [-0.05, 0) is 30.7 Å². The number of aryl methyl sites for hydroxylation is 1. The maximum atomic E-state index is 12.2. The van der Waals surface area contributed by atoms with Crippen LogP contribution < -0.4 is 11.1 Å². The van der Waals surface area contributed by atoms with Crippen molar-refractivity contribution in [1.82, 2.24) is 9.88 Å². The number of carbonyl (C=O) groups excluding carboxylic acids is 1. The Morgan fingerprint density at radius 3 is 2.95 bits per heavy atom. The summed E-state index contributed by atoms with van der Waals surface area (Å²) in [7, 11) is 0. The average Bonchev–Trinajstić information content (AvgIpc) is 2.93. The van der Waals surface area contributed by atoms with Gasteiger partial charge in [0.25, 0.3) is 5.91 Å². The van der Waals surface area contributed by atoms with Gasteiger partial charge in [-0.15, -0.1) is 0 Å². The molecule has 0 spiro atoms. The Kier molecular flexibility index (Phi) is 4.51. The van der Waals surface area contributed by atoms with Crippen LogP contribution in [-0.2, 0) is 6.54 Å². The second-order valence-corrected chi connectivity index (χ2v) is 5.73. The van der Waals surface area contributed by atoms with Gasteiger partial charge in [0, 0.05) is 19.3 Å². The predicted molar refractivity (Wildman–Crippen MR) is 78.0 cm³/mol. The van der Waals surface area contributed by atoms with Gasteiger partial charge in [-0.25, -0.2) is 0 Å². The number of amides is 1. The molecule has 0 bridgehead atoms. The lowest BCUT2D eigenvalue weighted by Crippen LogP contribution is -2.31. The smallest absolute Gasteiger partial charge is 0.267 e. The van der Waals surface area contributed by atoms with Crippen LogP contribution in [0.5, 0.6) is 0 Å². The first-order valence-electron chi connectivity index (χ1n) is 7.35. The predicted octanol–water partition coefficient (Wildman–Crippen LogP) is 2.65. The summed E-state index contributed by atoms with van der Waals surface area (Å²) in [5.41, 5.74) is 7.13. The maximum Gasteiger partial charge on any atom is 0.267 e. The van der Waals surface area contributed by atoms with Crippen LogP contribution in [0.25, 0.3) is 0 Å². The third-order valence-electron chi connectivity index (χ3n) is 4.18. The number of nitrogen functional groups attached to an aromatic ring is 1. The van der Waals surface area contributed by atoms with E-state index in [9.17, 15) is 4.79 Å². The number of hydrogen-bond acceptors (Lipinski definition) is 2. The Morgan fingerprint density at radius 1 is 1.53 bits per heavy atom. The zero-order valence-electron chi connectivity index (χ0n) is 12.0. The van der Waals surface area contributed by atoms with Crippen molar-refractivity contribution in [2.24, 2.45) is 11.8 Å². The Hall–Kier alpha value is -1.45. The van der Waals surface area contributed by atoms with Crippen molar-refractivity contribution < 1.29 is 4.79 Å². The topological polar surface area (TPSA) is 60.0 Å². The van der Waals surface area contributed by atoms with Crippen molar-refractivity contribution in [2.45, 2.75) is 46.1 Å². The van der Waals surface area contributed by atoms with E-state index >= 15 is 0 Å². The van der Waals surface area contributed by atoms with Crippen LogP contribution >= 0.6 is 0 Å². The molecule has 2 atom stereocenters. The van der Waals surface area contributed by atoms with Crippen molar-refractivity contribution in [1.29, 1.82) is 0 Å². The second kappa shape index (κ2) is 6.13. The normalized spacial score (nSPS) is 22.6. The van der Waals surface area contributed by atoms with E-state index < -0.39 is 0 Å². The van der Waals surface area contributed by atoms with Crippen molar-refractivity contribution in [3.8, 4) is 0 Å². The molecule has 1 aliphatic carbocycles. The first-order chi connectivity index (χ1) is 9.11. The molecule has 19 heavy (non-hydrogen) atoms. The molecular weight excluding hydrogens is 238 g/mol. The Bertz CT molecular complexity index is 439. The Balaban J connectivity index is 1.95. The van der Waals surface area contributed by atoms with Crippen molar-refractivity contribution in [2.75, 3.05) is 12.3 Å². The average molecular weight is 263 g/mol. The number of rotatable bonds is 5. The molecule has 1 aromatic heterocycles. The van der Waals surface area contributed by atoms with Crippen LogP contribution in [0.3, 0.4) is 0 Å². The standard InChI is InChI=1S/C15H25N3O/c1-3-7-18-10-13(16)8-14(18)15(19)17-9-12-6-4-5-11(12)2/h8,10-12H,3-7,9,16H2,1-2H3,(H,17,19). The highest BCUT2D eigenvalue weighted by Gasteiger charge is 2.24. The molecule has 4 heteroatoms. The van der Waals surface area contributed by atoms with Gasteiger partial charge < -0.3 is 15.6 Å². The molecule has 0 radical (unpaired) electrons. The molecule has 106 valence electrons. The van der Waals surface area contributed by atoms with Crippen molar-refractivity contribution in [3.05, 3.63) is 18.0 Å². The summed E-state index contributed by atoms with van der Waals surface area (Å²) >= 11 is 0. The summed E-state index contributed by atoms with van der Waals surface area (Å²) in [5.74, 6) is 1.37. The minimum absolute atomic E-state index is 0.00394. The van der Waals surface area contributed by atoms with Crippen LogP contribution in [-0.4, -0.2) is 17.0 Å². The van der Waals surface area contributed by atoms with E-state index in [-0.39, 0.29) is 5.91 Å². The van der Waals surface area contributed by atoms with Gasteiger partial charge in [-0.2, -0.15) is 0 Å². The molecule has 1 saturated carbocycles. The second-order valence-electron chi connectivity index (χ2n) is 5.73. The third-order valence-corrected chi connectivity index (χ3v) is 4.18. The number of anilines is 1. The zero-order chi connectivity index (χ0) is 13.8. The molecule has 2 rings (SSSR count). The minimum atomic E-state index is 0.00394. The van der Waals surface area contributed by atoms with Gasteiger partial charge in [-0.3, -0.25) is 4.79 Å². The SMILES string of the molecule is CCCn1cc(N)cc1C(=O)NCC1CCCC1C. The number of nitrogens with zero attached hydrogens (tertiary/aromatic N) is 1. The first-order valence-corrected chi connectivity index (χ1v) is 7.35. The Labute approximate surface area is 115 Å². The third kappa shape index (κ3) is 3.31. The van der Waals surface area contributed by atoms with Crippen molar-refractivity contribution >= 4 is 11.6 Å². The quantitative estimate of drug-likeness (QED) is 0.858. The van der Waals surface area contributed by atoms with E-state index in [0.29, 0.717) is 17.3 Å². The fourth-order valence-electron chi connectivity index (χ4n) is 2.99. The van der Waals surface area contributed by atoms with Crippen LogP contribution in [0.1, 0.15) is 50.0 Å². The molecule has 2 unspecified atom stereocenters. The lowest BCUT2D eigenvalue weighted by molar-refractivity contribution is 0.0935. The van der Waals surface area contributed by atoms with E-state index in [4.69, 9.17) is 5.73 Å². The van der Waals surface area contributed by atoms with Crippen molar-refractivity contribution in [3.63, 3.8) is 0 Å². The number of nitrogens with one attached hydrogen (secondary N) is 1. The summed E-state index contributed by atoms with van der Waals surface area (Å²) in [4.78, 5) is 12.2. The van der Waals surface area contributed by atoms with E-state index in [1.165, 1.54) is 19.3 Å². The zero-order valence-corrected chi connectivity index (χ0v) is 12.0. The highest BCUT2D eigenvalue weighted by atomic mass is 16.1. The van der Waals surface area contributed by atoms with Crippen LogP contribution in [0.4, 0.5) is 5.69 Å². The lowest BCUT2D eigenvalue weighted by atomic mass is 9.98. The fourth-order valence-corrected chi connectivity index (χ4v) is 2.99. The molecule has 1 heterocycles. The largest absolute Gasteiger partial charge is 0.397 e. The van der Waals surface area contributed by atoms with Crippen LogP contribution in [0.2, 0.25) is 0 Å². The fraction of sp³-hybridized carbons (Fsp3) is 0.667. The maximum absolute atomic E-state index is 12.2. The molecule has 4 nitrogen and oxygen atoms in total. The molecule has 1 aliphatic rings. The van der Waals surface area contributed by atoms with Crippen LogP contribution in [0, 0.1) is 11.8 Å². The number of aromatic nitrogens is 1. The molecule has 1 fully saturated rings. The van der Waals surface area contributed by atoms with Gasteiger partial charge in [0.05, 0.1) is 5.69 Å². The molecule has 0 aliphatic heterocycles. The molecule has 0 saturated heterocycles. The lowest BCUT2D eigenvalue weighted by Gasteiger charge is -2.16. The molecule has 0 aromatic carbocycles. The molecule has 3 N–H and O–H groups in total. The summed E-state index contributed by atoms with van der Waals surface area (Å²) in [5, 5.41) is 3.07. The summed E-state index contributed by atoms with van der Waals surface area (Å²) in [6.45, 7) is 6.00.